The van der Waals surface area contributed by atoms with Crippen molar-refractivity contribution in [3.8, 4) is 0 Å². The molecule has 13 heavy (non-hydrogen) atoms. The maximum atomic E-state index is 3.84. The SMILES string of the molecule is C=CN=Cc1[nH]ncc1C.CCC. The van der Waals surface area contributed by atoms with Crippen LogP contribution in [0.15, 0.2) is 24.0 Å². The number of hydrogen-bond acceptors (Lipinski definition) is 2. The molecular formula is C10H17N3. The van der Waals surface area contributed by atoms with Gasteiger partial charge in [-0.25, -0.2) is 0 Å². The van der Waals surface area contributed by atoms with Gasteiger partial charge in [-0.05, 0) is 12.5 Å². The van der Waals surface area contributed by atoms with E-state index in [0.717, 1.165) is 11.3 Å². The zero-order valence-electron chi connectivity index (χ0n) is 8.54. The third-order valence-corrected chi connectivity index (χ3v) is 1.18. The van der Waals surface area contributed by atoms with E-state index >= 15 is 0 Å². The van der Waals surface area contributed by atoms with Crippen LogP contribution in [0.4, 0.5) is 0 Å². The van der Waals surface area contributed by atoms with Crippen LogP contribution >= 0.6 is 0 Å². The van der Waals surface area contributed by atoms with Crippen molar-refractivity contribution < 1.29 is 0 Å². The number of nitrogens with zero attached hydrogens (tertiary/aromatic N) is 2. The number of aromatic nitrogens is 2. The van der Waals surface area contributed by atoms with Crippen LogP contribution in [0.5, 0.6) is 0 Å². The molecule has 1 aromatic rings. The van der Waals surface area contributed by atoms with Crippen LogP contribution in [0, 0.1) is 6.92 Å². The number of H-pyrrole nitrogens is 1. The van der Waals surface area contributed by atoms with E-state index < -0.39 is 0 Å². The zero-order chi connectivity index (χ0) is 10.1. The van der Waals surface area contributed by atoms with Crippen molar-refractivity contribution in [3.05, 3.63) is 30.2 Å². The summed E-state index contributed by atoms with van der Waals surface area (Å²) in [6, 6.07) is 0. The fourth-order valence-corrected chi connectivity index (χ4v) is 0.614. The highest BCUT2D eigenvalue weighted by Crippen LogP contribution is 1.97. The molecule has 0 saturated carbocycles. The van der Waals surface area contributed by atoms with E-state index in [0.29, 0.717) is 0 Å². The lowest BCUT2D eigenvalue weighted by atomic mass is 10.3. The van der Waals surface area contributed by atoms with Crippen LogP contribution in [-0.2, 0) is 0 Å². The van der Waals surface area contributed by atoms with E-state index in [-0.39, 0.29) is 0 Å². The lowest BCUT2D eigenvalue weighted by Crippen LogP contribution is -1.82. The summed E-state index contributed by atoms with van der Waals surface area (Å²) in [5.41, 5.74) is 2.02. The number of aryl methyl sites for hydroxylation is 1. The largest absolute Gasteiger partial charge is 0.277 e. The fraction of sp³-hybridized carbons (Fsp3) is 0.400. The molecule has 0 aromatic carbocycles. The molecule has 0 radical (unpaired) electrons. The predicted octanol–water partition coefficient (Wildman–Crippen LogP) is 2.70. The lowest BCUT2D eigenvalue weighted by molar-refractivity contribution is 1.08. The first kappa shape index (κ1) is 11.6. The summed E-state index contributed by atoms with van der Waals surface area (Å²) in [5, 5.41) is 6.62. The smallest absolute Gasteiger partial charge is 0.0789 e. The van der Waals surface area contributed by atoms with Gasteiger partial charge in [-0.3, -0.25) is 10.1 Å². The van der Waals surface area contributed by atoms with Crippen molar-refractivity contribution in [3.63, 3.8) is 0 Å². The van der Waals surface area contributed by atoms with E-state index in [4.69, 9.17) is 0 Å². The van der Waals surface area contributed by atoms with Crippen LogP contribution in [0.3, 0.4) is 0 Å². The highest BCUT2D eigenvalue weighted by atomic mass is 15.1. The van der Waals surface area contributed by atoms with Crippen LogP contribution in [0.1, 0.15) is 31.5 Å². The van der Waals surface area contributed by atoms with Gasteiger partial charge < -0.3 is 0 Å². The first-order valence-corrected chi connectivity index (χ1v) is 4.40. The molecule has 0 fully saturated rings. The van der Waals surface area contributed by atoms with E-state index in [1.54, 1.807) is 12.4 Å². The molecule has 1 aromatic heterocycles. The van der Waals surface area contributed by atoms with Crippen LogP contribution < -0.4 is 0 Å². The van der Waals surface area contributed by atoms with Crippen molar-refractivity contribution in [1.29, 1.82) is 0 Å². The van der Waals surface area contributed by atoms with Gasteiger partial charge in [0, 0.05) is 6.20 Å². The van der Waals surface area contributed by atoms with Gasteiger partial charge in [0.05, 0.1) is 18.1 Å². The topological polar surface area (TPSA) is 41.0 Å². The van der Waals surface area contributed by atoms with E-state index in [1.165, 1.54) is 12.6 Å². The van der Waals surface area contributed by atoms with Gasteiger partial charge >= 0.3 is 0 Å². The van der Waals surface area contributed by atoms with Gasteiger partial charge in [0.25, 0.3) is 0 Å². The maximum Gasteiger partial charge on any atom is 0.0789 e. The average Bonchev–Trinajstić information content (AvgIpc) is 2.49. The first-order chi connectivity index (χ1) is 6.26. The molecule has 0 saturated heterocycles. The molecule has 1 rings (SSSR count). The highest BCUT2D eigenvalue weighted by Gasteiger charge is 1.92. The Bertz CT molecular complexity index is 261. The first-order valence-electron chi connectivity index (χ1n) is 4.40. The molecule has 1 N–H and O–H groups in total. The maximum absolute atomic E-state index is 3.84. The second-order valence-electron chi connectivity index (χ2n) is 2.63. The summed E-state index contributed by atoms with van der Waals surface area (Å²) < 4.78 is 0. The van der Waals surface area contributed by atoms with Crippen LogP contribution in [-0.4, -0.2) is 16.4 Å². The summed E-state index contributed by atoms with van der Waals surface area (Å²) in [4.78, 5) is 3.84. The Hall–Kier alpha value is -1.38. The summed E-state index contributed by atoms with van der Waals surface area (Å²) in [6.07, 6.45) is 6.18. The molecular weight excluding hydrogens is 162 g/mol. The Kier molecular flexibility index (Phi) is 6.51. The van der Waals surface area contributed by atoms with Gasteiger partial charge in [-0.1, -0.05) is 26.8 Å². The van der Waals surface area contributed by atoms with E-state index in [1.807, 2.05) is 6.92 Å². The number of nitrogens with one attached hydrogen (secondary N) is 1. The molecule has 3 heteroatoms. The third kappa shape index (κ3) is 4.95. The Balaban J connectivity index is 0.000000424. The molecule has 0 aliphatic heterocycles. The van der Waals surface area contributed by atoms with Gasteiger partial charge in [0.1, 0.15) is 0 Å². The third-order valence-electron chi connectivity index (χ3n) is 1.18. The Morgan fingerprint density at radius 1 is 1.62 bits per heavy atom. The summed E-state index contributed by atoms with van der Waals surface area (Å²) in [6.45, 7) is 9.67. The molecule has 3 nitrogen and oxygen atoms in total. The number of aromatic amines is 1. The molecule has 0 aliphatic rings. The molecule has 0 aliphatic carbocycles. The monoisotopic (exact) mass is 179 g/mol. The minimum atomic E-state index is 0.930. The molecule has 0 atom stereocenters. The summed E-state index contributed by atoms with van der Waals surface area (Å²) in [5.74, 6) is 0. The standard InChI is InChI=1S/C7H9N3.C3H8/c1-3-8-5-7-6(2)4-9-10-7;1-3-2/h3-5H,1H2,2H3,(H,9,10);3H2,1-2H3. The minimum absolute atomic E-state index is 0.930. The summed E-state index contributed by atoms with van der Waals surface area (Å²) in [7, 11) is 0. The Labute approximate surface area is 79.6 Å². The molecule has 0 spiro atoms. The fourth-order valence-electron chi connectivity index (χ4n) is 0.614. The average molecular weight is 179 g/mol. The normalized spacial score (nSPS) is 9.46. The lowest BCUT2D eigenvalue weighted by Gasteiger charge is -1.83. The second kappa shape index (κ2) is 7.28. The molecule has 0 amide bonds. The van der Waals surface area contributed by atoms with Crippen molar-refractivity contribution in [2.75, 3.05) is 0 Å². The van der Waals surface area contributed by atoms with E-state index in [9.17, 15) is 0 Å². The number of hydrogen-bond donors (Lipinski definition) is 1. The molecule has 0 bridgehead atoms. The van der Waals surface area contributed by atoms with Crippen molar-refractivity contribution >= 4 is 6.21 Å². The number of rotatable bonds is 2. The minimum Gasteiger partial charge on any atom is -0.277 e. The Morgan fingerprint density at radius 3 is 2.62 bits per heavy atom. The second-order valence-corrected chi connectivity index (χ2v) is 2.63. The predicted molar refractivity (Wildman–Crippen MR) is 57.1 cm³/mol. The molecule has 0 unspecified atom stereocenters. The summed E-state index contributed by atoms with van der Waals surface area (Å²) >= 11 is 0. The number of aliphatic imine (C=N–C) groups is 1. The van der Waals surface area contributed by atoms with Gasteiger partial charge in [-0.15, -0.1) is 0 Å². The molecule has 72 valence electrons. The van der Waals surface area contributed by atoms with Crippen LogP contribution in [0.2, 0.25) is 0 Å². The van der Waals surface area contributed by atoms with Crippen molar-refractivity contribution in [2.24, 2.45) is 4.99 Å². The van der Waals surface area contributed by atoms with E-state index in [2.05, 4.69) is 35.6 Å². The zero-order valence-corrected chi connectivity index (χ0v) is 8.54. The highest BCUT2D eigenvalue weighted by molar-refractivity contribution is 5.79. The Morgan fingerprint density at radius 2 is 2.23 bits per heavy atom. The van der Waals surface area contributed by atoms with Gasteiger partial charge in [0.2, 0.25) is 0 Å². The van der Waals surface area contributed by atoms with Crippen LogP contribution in [0.25, 0.3) is 0 Å². The van der Waals surface area contributed by atoms with Gasteiger partial charge in [-0.2, -0.15) is 5.10 Å². The molecule has 1 heterocycles. The van der Waals surface area contributed by atoms with Crippen molar-refractivity contribution in [1.82, 2.24) is 10.2 Å². The quantitative estimate of drug-likeness (QED) is 0.697. The van der Waals surface area contributed by atoms with Gasteiger partial charge in [0.15, 0.2) is 0 Å². The van der Waals surface area contributed by atoms with Crippen molar-refractivity contribution in [2.45, 2.75) is 27.2 Å².